The van der Waals surface area contributed by atoms with E-state index in [0.717, 1.165) is 18.4 Å². The molecule has 2 aromatic carbocycles. The number of aromatic nitrogens is 2. The van der Waals surface area contributed by atoms with Gasteiger partial charge in [0.2, 0.25) is 11.8 Å². The van der Waals surface area contributed by atoms with Crippen LogP contribution in [0.1, 0.15) is 30.2 Å². The minimum atomic E-state index is -0.310. The smallest absolute Gasteiger partial charge is 0.317 e. The number of hydrogen-bond donors (Lipinski definition) is 1. The summed E-state index contributed by atoms with van der Waals surface area (Å²) in [5, 5.41) is 11.8. The second-order valence-electron chi connectivity index (χ2n) is 7.00. The highest BCUT2D eigenvalue weighted by atomic mass is 35.5. The van der Waals surface area contributed by atoms with Gasteiger partial charge in [0.25, 0.3) is 0 Å². The van der Waals surface area contributed by atoms with Crippen molar-refractivity contribution in [3.05, 3.63) is 70.8 Å². The standard InChI is InChI=1S/C21H20ClFN4O2/c22-17-5-1-14(2-6-17)13-24-21(28)27-11-9-16(10-12-27)20-26-25-19(29-20)15-3-7-18(23)8-4-15/h1-8,16H,9-13H2,(H,24,28). The molecule has 150 valence electrons. The molecule has 3 aromatic rings. The predicted molar refractivity (Wildman–Crippen MR) is 107 cm³/mol. The second kappa shape index (κ2) is 8.61. The zero-order chi connectivity index (χ0) is 20.2. The van der Waals surface area contributed by atoms with E-state index in [0.29, 0.717) is 42.0 Å². The Morgan fingerprint density at radius 1 is 1.10 bits per heavy atom. The Labute approximate surface area is 172 Å². The van der Waals surface area contributed by atoms with Crippen LogP contribution in [-0.4, -0.2) is 34.2 Å². The first-order chi connectivity index (χ1) is 14.1. The van der Waals surface area contributed by atoms with Gasteiger partial charge in [-0.1, -0.05) is 23.7 Å². The number of hydrogen-bond acceptors (Lipinski definition) is 4. The number of amides is 2. The summed E-state index contributed by atoms with van der Waals surface area (Å²) in [7, 11) is 0. The maximum atomic E-state index is 13.1. The lowest BCUT2D eigenvalue weighted by atomic mass is 9.97. The van der Waals surface area contributed by atoms with E-state index in [1.54, 1.807) is 29.2 Å². The van der Waals surface area contributed by atoms with Crippen molar-refractivity contribution in [2.24, 2.45) is 0 Å². The van der Waals surface area contributed by atoms with Gasteiger partial charge in [0.15, 0.2) is 0 Å². The van der Waals surface area contributed by atoms with E-state index in [9.17, 15) is 9.18 Å². The summed E-state index contributed by atoms with van der Waals surface area (Å²) in [6, 6.07) is 13.3. The zero-order valence-corrected chi connectivity index (χ0v) is 16.4. The number of urea groups is 1. The molecule has 4 rings (SSSR count). The fourth-order valence-corrected chi connectivity index (χ4v) is 3.46. The van der Waals surface area contributed by atoms with Crippen LogP contribution in [0.5, 0.6) is 0 Å². The summed E-state index contributed by atoms with van der Waals surface area (Å²) in [5.41, 5.74) is 1.68. The van der Waals surface area contributed by atoms with Crippen molar-refractivity contribution < 1.29 is 13.6 Å². The lowest BCUT2D eigenvalue weighted by Crippen LogP contribution is -2.43. The number of piperidine rings is 1. The molecule has 8 heteroatoms. The number of benzene rings is 2. The summed E-state index contributed by atoms with van der Waals surface area (Å²) < 4.78 is 18.8. The van der Waals surface area contributed by atoms with Gasteiger partial charge in [-0.15, -0.1) is 10.2 Å². The molecule has 0 bridgehead atoms. The Kier molecular flexibility index (Phi) is 5.76. The lowest BCUT2D eigenvalue weighted by molar-refractivity contribution is 0.177. The molecule has 1 aliphatic heterocycles. The molecule has 0 unspecified atom stereocenters. The quantitative estimate of drug-likeness (QED) is 0.676. The van der Waals surface area contributed by atoms with Crippen molar-refractivity contribution in [2.45, 2.75) is 25.3 Å². The van der Waals surface area contributed by atoms with Crippen LogP contribution in [-0.2, 0) is 6.54 Å². The van der Waals surface area contributed by atoms with Gasteiger partial charge in [-0.25, -0.2) is 9.18 Å². The lowest BCUT2D eigenvalue weighted by Gasteiger charge is -2.30. The number of carbonyl (C=O) groups excluding carboxylic acids is 1. The molecule has 1 aliphatic rings. The maximum Gasteiger partial charge on any atom is 0.317 e. The Hall–Kier alpha value is -2.93. The molecule has 0 saturated carbocycles. The van der Waals surface area contributed by atoms with Crippen LogP contribution < -0.4 is 5.32 Å². The van der Waals surface area contributed by atoms with Crippen molar-refractivity contribution in [3.8, 4) is 11.5 Å². The van der Waals surface area contributed by atoms with Crippen molar-refractivity contribution >= 4 is 17.6 Å². The summed E-state index contributed by atoms with van der Waals surface area (Å²) >= 11 is 5.87. The van der Waals surface area contributed by atoms with E-state index in [-0.39, 0.29) is 17.8 Å². The van der Waals surface area contributed by atoms with Crippen LogP contribution >= 0.6 is 11.6 Å². The summed E-state index contributed by atoms with van der Waals surface area (Å²) in [4.78, 5) is 14.2. The number of carbonyl (C=O) groups is 1. The molecule has 2 amide bonds. The van der Waals surface area contributed by atoms with E-state index in [1.165, 1.54) is 12.1 Å². The Bertz CT molecular complexity index is 967. The van der Waals surface area contributed by atoms with Gasteiger partial charge in [-0.05, 0) is 54.8 Å². The predicted octanol–water partition coefficient (Wildman–Crippen LogP) is 4.62. The van der Waals surface area contributed by atoms with Crippen LogP contribution in [0.3, 0.4) is 0 Å². The van der Waals surface area contributed by atoms with Crippen molar-refractivity contribution in [1.29, 1.82) is 0 Å². The molecule has 0 radical (unpaired) electrons. The minimum absolute atomic E-state index is 0.0871. The molecule has 6 nitrogen and oxygen atoms in total. The Morgan fingerprint density at radius 3 is 2.48 bits per heavy atom. The van der Waals surface area contributed by atoms with Crippen LogP contribution in [0.15, 0.2) is 52.9 Å². The van der Waals surface area contributed by atoms with E-state index in [4.69, 9.17) is 16.0 Å². The SMILES string of the molecule is O=C(NCc1ccc(Cl)cc1)N1CCC(c2nnc(-c3ccc(F)cc3)o2)CC1. The Morgan fingerprint density at radius 2 is 1.79 bits per heavy atom. The molecule has 0 spiro atoms. The normalized spacial score (nSPS) is 14.8. The van der Waals surface area contributed by atoms with Crippen LogP contribution in [0.2, 0.25) is 5.02 Å². The monoisotopic (exact) mass is 414 g/mol. The molecular weight excluding hydrogens is 395 g/mol. The van der Waals surface area contributed by atoms with Crippen molar-refractivity contribution in [3.63, 3.8) is 0 Å². The average Bonchev–Trinajstić information content (AvgIpc) is 3.24. The third-order valence-corrected chi connectivity index (χ3v) is 5.27. The van der Waals surface area contributed by atoms with Crippen LogP contribution in [0.4, 0.5) is 9.18 Å². The number of nitrogens with one attached hydrogen (secondary N) is 1. The van der Waals surface area contributed by atoms with Crippen molar-refractivity contribution in [2.75, 3.05) is 13.1 Å². The highest BCUT2D eigenvalue weighted by Gasteiger charge is 2.27. The maximum absolute atomic E-state index is 13.1. The van der Waals surface area contributed by atoms with Gasteiger partial charge < -0.3 is 14.6 Å². The largest absolute Gasteiger partial charge is 0.420 e. The molecule has 1 aromatic heterocycles. The number of halogens is 2. The average molecular weight is 415 g/mol. The van der Waals surface area contributed by atoms with Gasteiger partial charge >= 0.3 is 6.03 Å². The highest BCUT2D eigenvalue weighted by Crippen LogP contribution is 2.29. The van der Waals surface area contributed by atoms with E-state index >= 15 is 0 Å². The molecule has 1 N–H and O–H groups in total. The van der Waals surface area contributed by atoms with E-state index in [2.05, 4.69) is 15.5 Å². The fourth-order valence-electron chi connectivity index (χ4n) is 3.33. The summed E-state index contributed by atoms with van der Waals surface area (Å²) in [5.74, 6) is 0.737. The third-order valence-electron chi connectivity index (χ3n) is 5.02. The van der Waals surface area contributed by atoms with E-state index < -0.39 is 0 Å². The molecule has 29 heavy (non-hydrogen) atoms. The topological polar surface area (TPSA) is 71.3 Å². The van der Waals surface area contributed by atoms with Gasteiger partial charge in [-0.3, -0.25) is 0 Å². The first-order valence-corrected chi connectivity index (χ1v) is 9.83. The second-order valence-corrected chi connectivity index (χ2v) is 7.44. The first kappa shape index (κ1) is 19.4. The number of rotatable bonds is 4. The fraction of sp³-hybridized carbons (Fsp3) is 0.286. The third kappa shape index (κ3) is 4.74. The van der Waals surface area contributed by atoms with Crippen molar-refractivity contribution in [1.82, 2.24) is 20.4 Å². The summed E-state index contributed by atoms with van der Waals surface area (Å²) in [6.07, 6.45) is 1.50. The molecule has 0 aliphatic carbocycles. The molecule has 1 saturated heterocycles. The van der Waals surface area contributed by atoms with Crippen LogP contribution in [0, 0.1) is 5.82 Å². The minimum Gasteiger partial charge on any atom is -0.420 e. The number of likely N-dealkylation sites (tertiary alicyclic amines) is 1. The van der Waals surface area contributed by atoms with Crippen LogP contribution in [0.25, 0.3) is 11.5 Å². The Balaban J connectivity index is 1.29. The first-order valence-electron chi connectivity index (χ1n) is 9.45. The highest BCUT2D eigenvalue weighted by molar-refractivity contribution is 6.30. The van der Waals surface area contributed by atoms with Gasteiger partial charge in [0.1, 0.15) is 5.82 Å². The zero-order valence-electron chi connectivity index (χ0n) is 15.6. The molecule has 2 heterocycles. The van der Waals surface area contributed by atoms with Gasteiger partial charge in [0, 0.05) is 36.1 Å². The number of nitrogens with zero attached hydrogens (tertiary/aromatic N) is 3. The molecule has 0 atom stereocenters. The molecular formula is C21H20ClFN4O2. The van der Waals surface area contributed by atoms with Gasteiger partial charge in [-0.2, -0.15) is 0 Å². The summed E-state index contributed by atoms with van der Waals surface area (Å²) in [6.45, 7) is 1.69. The molecule has 1 fully saturated rings. The van der Waals surface area contributed by atoms with E-state index in [1.807, 2.05) is 12.1 Å². The van der Waals surface area contributed by atoms with Gasteiger partial charge in [0.05, 0.1) is 0 Å².